The predicted octanol–water partition coefficient (Wildman–Crippen LogP) is 1.87. The third-order valence-corrected chi connectivity index (χ3v) is 5.73. The number of aryl methyl sites for hydroxylation is 1. The van der Waals surface area contributed by atoms with Crippen molar-refractivity contribution in [3.05, 3.63) is 6.20 Å². The molecule has 1 saturated carbocycles. The van der Waals surface area contributed by atoms with E-state index in [9.17, 15) is 4.79 Å². The summed E-state index contributed by atoms with van der Waals surface area (Å²) >= 11 is 1.38. The van der Waals surface area contributed by atoms with E-state index in [-0.39, 0.29) is 5.91 Å². The molecule has 10 heteroatoms. The Bertz CT molecular complexity index is 784. The fraction of sp³-hybridized carbons (Fsp3) is 0.667. The molecule has 0 aliphatic heterocycles. The third kappa shape index (κ3) is 5.05. The highest BCUT2D eigenvalue weighted by Crippen LogP contribution is 2.30. The van der Waals surface area contributed by atoms with Gasteiger partial charge in [0.25, 0.3) is 0 Å². The van der Waals surface area contributed by atoms with E-state index in [2.05, 4.69) is 20.6 Å². The average Bonchev–Trinajstić information content (AvgIpc) is 3.27. The van der Waals surface area contributed by atoms with Crippen molar-refractivity contribution >= 4 is 17.7 Å². The van der Waals surface area contributed by atoms with Crippen molar-refractivity contribution in [1.82, 2.24) is 29.9 Å². The fourth-order valence-corrected chi connectivity index (χ4v) is 4.17. The van der Waals surface area contributed by atoms with Gasteiger partial charge < -0.3 is 14.8 Å². The van der Waals surface area contributed by atoms with Crippen LogP contribution in [-0.2, 0) is 23.1 Å². The van der Waals surface area contributed by atoms with Gasteiger partial charge in [0, 0.05) is 26.4 Å². The number of carbonyl (C=O) groups excluding carboxylic acids is 1. The highest BCUT2D eigenvalue weighted by Gasteiger charge is 2.21. The highest BCUT2D eigenvalue weighted by molar-refractivity contribution is 7.99. The monoisotopic (exact) mass is 408 g/mol. The van der Waals surface area contributed by atoms with Gasteiger partial charge in [0.05, 0.1) is 26.0 Å². The number of hydrogen-bond donors (Lipinski definition) is 1. The molecule has 2 aromatic rings. The molecule has 1 aliphatic rings. The van der Waals surface area contributed by atoms with Crippen molar-refractivity contribution in [2.75, 3.05) is 26.6 Å². The lowest BCUT2D eigenvalue weighted by Gasteiger charge is -2.22. The summed E-state index contributed by atoms with van der Waals surface area (Å²) in [5, 5.41) is 16.7. The van der Waals surface area contributed by atoms with Crippen LogP contribution in [0.2, 0.25) is 0 Å². The number of nitrogens with one attached hydrogen (secondary N) is 1. The van der Waals surface area contributed by atoms with Gasteiger partial charge in [-0.15, -0.1) is 15.3 Å². The van der Waals surface area contributed by atoms with Gasteiger partial charge in [-0.25, -0.2) is 0 Å². The van der Waals surface area contributed by atoms with Gasteiger partial charge in [0.15, 0.2) is 11.0 Å². The number of nitrogens with zero attached hydrogens (tertiary/aromatic N) is 5. The van der Waals surface area contributed by atoms with E-state index >= 15 is 0 Å². The summed E-state index contributed by atoms with van der Waals surface area (Å²) < 4.78 is 14.2. The number of amides is 1. The summed E-state index contributed by atoms with van der Waals surface area (Å²) in [6.45, 7) is 1.08. The number of hydrogen-bond acceptors (Lipinski definition) is 7. The molecule has 154 valence electrons. The summed E-state index contributed by atoms with van der Waals surface area (Å²) in [7, 11) is 5.05. The first-order chi connectivity index (χ1) is 13.6. The second kappa shape index (κ2) is 9.92. The van der Waals surface area contributed by atoms with Gasteiger partial charge in [0.1, 0.15) is 5.56 Å². The smallest absolute Gasteiger partial charge is 0.243 e. The molecule has 1 aliphatic carbocycles. The van der Waals surface area contributed by atoms with Crippen LogP contribution in [-0.4, -0.2) is 63.1 Å². The first-order valence-corrected chi connectivity index (χ1v) is 10.5. The number of thioether (sulfide) groups is 1. The molecule has 1 amide bonds. The van der Waals surface area contributed by atoms with Gasteiger partial charge >= 0.3 is 0 Å². The summed E-state index contributed by atoms with van der Waals surface area (Å²) in [5.41, 5.74) is 0.757. The van der Waals surface area contributed by atoms with Gasteiger partial charge in [-0.3, -0.25) is 14.0 Å². The van der Waals surface area contributed by atoms with Crippen LogP contribution >= 0.6 is 11.8 Å². The molecular formula is C18H28N6O3S. The Morgan fingerprint density at radius 3 is 2.79 bits per heavy atom. The Labute approximate surface area is 169 Å². The topological polar surface area (TPSA) is 96.1 Å². The summed E-state index contributed by atoms with van der Waals surface area (Å²) in [6, 6.07) is 0.309. The highest BCUT2D eigenvalue weighted by atomic mass is 32.2. The molecule has 0 bridgehead atoms. The summed E-state index contributed by atoms with van der Waals surface area (Å²) in [5.74, 6) is 1.49. The van der Waals surface area contributed by atoms with E-state index in [1.807, 2.05) is 17.8 Å². The van der Waals surface area contributed by atoms with Crippen LogP contribution < -0.4 is 10.1 Å². The fourth-order valence-electron chi connectivity index (χ4n) is 3.40. The minimum atomic E-state index is 0.0405. The maximum atomic E-state index is 12.3. The van der Waals surface area contributed by atoms with Gasteiger partial charge in [-0.05, 0) is 12.8 Å². The zero-order valence-electron chi connectivity index (χ0n) is 16.7. The molecule has 0 atom stereocenters. The maximum absolute atomic E-state index is 12.3. The van der Waals surface area contributed by atoms with Gasteiger partial charge in [-0.1, -0.05) is 31.0 Å². The molecular weight excluding hydrogens is 380 g/mol. The predicted molar refractivity (Wildman–Crippen MR) is 106 cm³/mol. The molecule has 0 aromatic carbocycles. The Morgan fingerprint density at radius 2 is 2.07 bits per heavy atom. The largest absolute Gasteiger partial charge is 0.479 e. The summed E-state index contributed by atoms with van der Waals surface area (Å²) in [6.07, 6.45) is 7.65. The minimum Gasteiger partial charge on any atom is -0.479 e. The first kappa shape index (κ1) is 20.7. The second-order valence-corrected chi connectivity index (χ2v) is 7.81. The Morgan fingerprint density at radius 1 is 1.29 bits per heavy atom. The standard InChI is InChI=1S/C18H28N6O3S/c1-23-11-14(17(22-23)27-3)16-20-21-18(24(16)9-10-26-2)28-12-15(25)19-13-7-5-4-6-8-13/h11,13H,4-10,12H2,1-3H3,(H,19,25). The van der Waals surface area contributed by atoms with Crippen molar-refractivity contribution in [3.63, 3.8) is 0 Å². The number of rotatable bonds is 9. The lowest BCUT2D eigenvalue weighted by atomic mass is 9.95. The van der Waals surface area contributed by atoms with Crippen LogP contribution in [0.3, 0.4) is 0 Å². The van der Waals surface area contributed by atoms with Gasteiger partial charge in [-0.2, -0.15) is 0 Å². The Kier molecular flexibility index (Phi) is 7.32. The average molecular weight is 409 g/mol. The normalized spacial score (nSPS) is 15.0. The van der Waals surface area contributed by atoms with Crippen molar-refractivity contribution in [2.24, 2.45) is 7.05 Å². The first-order valence-electron chi connectivity index (χ1n) is 9.54. The zero-order chi connectivity index (χ0) is 19.9. The van der Waals surface area contributed by atoms with E-state index < -0.39 is 0 Å². The van der Waals surface area contributed by atoms with E-state index in [0.717, 1.165) is 18.4 Å². The number of aromatic nitrogens is 5. The lowest BCUT2D eigenvalue weighted by molar-refractivity contribution is -0.119. The van der Waals surface area contributed by atoms with Gasteiger partial charge in [0.2, 0.25) is 11.8 Å². The number of methoxy groups -OCH3 is 2. The molecule has 0 saturated heterocycles. The Balaban J connectivity index is 1.71. The molecule has 2 aromatic heterocycles. The number of ether oxygens (including phenoxy) is 2. The van der Waals surface area contributed by atoms with Crippen LogP contribution in [0, 0.1) is 0 Å². The van der Waals surface area contributed by atoms with E-state index in [1.54, 1.807) is 18.9 Å². The van der Waals surface area contributed by atoms with E-state index in [1.165, 1.54) is 31.0 Å². The maximum Gasteiger partial charge on any atom is 0.243 e. The van der Waals surface area contributed by atoms with Crippen molar-refractivity contribution < 1.29 is 14.3 Å². The van der Waals surface area contributed by atoms with Crippen molar-refractivity contribution in [2.45, 2.75) is 49.8 Å². The molecule has 28 heavy (non-hydrogen) atoms. The quantitative estimate of drug-likeness (QED) is 0.633. The van der Waals surface area contributed by atoms with E-state index in [0.29, 0.717) is 41.8 Å². The molecule has 0 unspecified atom stereocenters. The van der Waals surface area contributed by atoms with Crippen LogP contribution in [0.1, 0.15) is 32.1 Å². The zero-order valence-corrected chi connectivity index (χ0v) is 17.5. The molecule has 2 heterocycles. The number of carbonyl (C=O) groups is 1. The summed E-state index contributed by atoms with van der Waals surface area (Å²) in [4.78, 5) is 12.3. The lowest BCUT2D eigenvalue weighted by Crippen LogP contribution is -2.37. The molecule has 1 N–H and O–H groups in total. The molecule has 0 radical (unpaired) electrons. The molecule has 0 spiro atoms. The minimum absolute atomic E-state index is 0.0405. The second-order valence-electron chi connectivity index (χ2n) is 6.87. The van der Waals surface area contributed by atoms with Crippen LogP contribution in [0.4, 0.5) is 0 Å². The Hall–Kier alpha value is -2.07. The third-order valence-electron chi connectivity index (χ3n) is 4.77. The van der Waals surface area contributed by atoms with Crippen molar-refractivity contribution in [3.8, 4) is 17.3 Å². The van der Waals surface area contributed by atoms with Crippen molar-refractivity contribution in [1.29, 1.82) is 0 Å². The SMILES string of the molecule is COCCn1c(SCC(=O)NC2CCCCC2)nnc1-c1cn(C)nc1OC. The van der Waals surface area contributed by atoms with Crippen LogP contribution in [0.25, 0.3) is 11.4 Å². The molecule has 3 rings (SSSR count). The van der Waals surface area contributed by atoms with Crippen LogP contribution in [0.5, 0.6) is 5.88 Å². The molecule has 9 nitrogen and oxygen atoms in total. The molecule has 1 fully saturated rings. The van der Waals surface area contributed by atoms with E-state index in [4.69, 9.17) is 9.47 Å². The van der Waals surface area contributed by atoms with Crippen LogP contribution in [0.15, 0.2) is 11.4 Å².